The molecule has 2 amide bonds. The van der Waals surface area contributed by atoms with Gasteiger partial charge in [0.15, 0.2) is 8.32 Å². The summed E-state index contributed by atoms with van der Waals surface area (Å²) in [6.45, 7) is 21.3. The van der Waals surface area contributed by atoms with E-state index in [4.69, 9.17) is 20.8 Å². The first-order valence-corrected chi connectivity index (χ1v) is 14.3. The smallest absolute Gasteiger partial charge is 0.422 e. The largest absolute Gasteiger partial charge is 0.443 e. The molecule has 0 aliphatic carbocycles. The molecule has 1 heterocycles. The lowest BCUT2D eigenvalue weighted by Crippen LogP contribution is -2.43. The second-order valence-corrected chi connectivity index (χ2v) is 17.1. The quantitative estimate of drug-likeness (QED) is 0.325. The lowest BCUT2D eigenvalue weighted by molar-refractivity contribution is -0.112. The zero-order valence-corrected chi connectivity index (χ0v) is 22.9. The second kappa shape index (κ2) is 8.96. The molecule has 0 atom stereocenters. The van der Waals surface area contributed by atoms with Gasteiger partial charge in [0.2, 0.25) is 0 Å². The van der Waals surface area contributed by atoms with E-state index in [1.165, 1.54) is 0 Å². The van der Waals surface area contributed by atoms with E-state index in [0.717, 1.165) is 4.90 Å². The number of imide groups is 1. The summed E-state index contributed by atoms with van der Waals surface area (Å²) in [5.41, 5.74) is 0.744. The van der Waals surface area contributed by atoms with E-state index in [0.29, 0.717) is 34.9 Å². The Hall–Kier alpha value is -1.63. The van der Waals surface area contributed by atoms with Gasteiger partial charge in [0.1, 0.15) is 5.60 Å². The number of fused-ring (bicyclic) bond motifs is 1. The molecule has 5 nitrogen and oxygen atoms in total. The number of ether oxygens (including phenoxy) is 1. The van der Waals surface area contributed by atoms with Gasteiger partial charge in [-0.15, -0.1) is 0 Å². The number of nitrogens with zero attached hydrogens (tertiary/aromatic N) is 1. The molecule has 1 aromatic rings. The van der Waals surface area contributed by atoms with Gasteiger partial charge in [-0.05, 0) is 62.9 Å². The van der Waals surface area contributed by atoms with Crippen LogP contribution in [0.5, 0.6) is 0 Å². The Bertz CT molecular complexity index is 923. The lowest BCUT2D eigenvalue weighted by atomic mass is 9.89. The maximum absolute atomic E-state index is 13.3. The summed E-state index contributed by atoms with van der Waals surface area (Å²) in [6.07, 6.45) is 1.84. The standard InChI is InChI=1S/C25H38ClNO4Si/c1-23(2,3)31-22(29)27-20-15-17(26)11-12-18(20)19(21(27)28)13-14-25(7,8)16-30-32(9,10)24(4,5)6/h11-13,15H,14,16H2,1-10H3. The zero-order valence-electron chi connectivity index (χ0n) is 21.2. The van der Waals surface area contributed by atoms with Crippen LogP contribution in [-0.2, 0) is 14.0 Å². The van der Waals surface area contributed by atoms with Crippen LogP contribution in [0.15, 0.2) is 24.3 Å². The van der Waals surface area contributed by atoms with Gasteiger partial charge in [0.25, 0.3) is 5.91 Å². The van der Waals surface area contributed by atoms with Crippen LogP contribution in [0.3, 0.4) is 0 Å². The van der Waals surface area contributed by atoms with E-state index in [1.807, 2.05) is 6.08 Å². The van der Waals surface area contributed by atoms with E-state index in [1.54, 1.807) is 39.0 Å². The number of carbonyl (C=O) groups is 2. The average molecular weight is 480 g/mol. The van der Waals surface area contributed by atoms with Crippen LogP contribution >= 0.6 is 11.6 Å². The van der Waals surface area contributed by atoms with Gasteiger partial charge in [-0.25, -0.2) is 9.69 Å². The van der Waals surface area contributed by atoms with Crippen LogP contribution in [0, 0.1) is 5.41 Å². The van der Waals surface area contributed by atoms with E-state index in [-0.39, 0.29) is 10.5 Å². The topological polar surface area (TPSA) is 55.8 Å². The molecule has 178 valence electrons. The molecule has 0 saturated carbocycles. The Balaban J connectivity index is 2.29. The monoisotopic (exact) mass is 479 g/mol. The van der Waals surface area contributed by atoms with Crippen LogP contribution in [0.25, 0.3) is 5.57 Å². The highest BCUT2D eigenvalue weighted by atomic mass is 35.5. The fourth-order valence-corrected chi connectivity index (χ4v) is 4.33. The van der Waals surface area contributed by atoms with Crippen molar-refractivity contribution in [3.05, 3.63) is 34.9 Å². The molecule has 0 radical (unpaired) electrons. The molecular weight excluding hydrogens is 442 g/mol. The molecule has 0 saturated heterocycles. The number of hydrogen-bond acceptors (Lipinski definition) is 4. The van der Waals surface area contributed by atoms with Gasteiger partial charge in [-0.2, -0.15) is 0 Å². The van der Waals surface area contributed by atoms with Crippen molar-refractivity contribution in [2.24, 2.45) is 5.41 Å². The van der Waals surface area contributed by atoms with Crippen LogP contribution in [0.2, 0.25) is 23.2 Å². The van der Waals surface area contributed by atoms with E-state index in [2.05, 4.69) is 47.7 Å². The van der Waals surface area contributed by atoms with Crippen LogP contribution in [-0.4, -0.2) is 32.5 Å². The maximum atomic E-state index is 13.3. The van der Waals surface area contributed by atoms with Gasteiger partial charge in [0, 0.05) is 22.8 Å². The molecule has 0 N–H and O–H groups in total. The number of hydrogen-bond donors (Lipinski definition) is 0. The van der Waals surface area contributed by atoms with Crippen molar-refractivity contribution >= 4 is 43.2 Å². The number of allylic oxidation sites excluding steroid dienone is 1. The highest BCUT2D eigenvalue weighted by Gasteiger charge is 2.40. The number of carbonyl (C=O) groups excluding carboxylic acids is 2. The Morgan fingerprint density at radius 1 is 1.09 bits per heavy atom. The van der Waals surface area contributed by atoms with Gasteiger partial charge in [0.05, 0.1) is 5.69 Å². The molecule has 0 aromatic heterocycles. The van der Waals surface area contributed by atoms with E-state index >= 15 is 0 Å². The summed E-state index contributed by atoms with van der Waals surface area (Å²) in [6, 6.07) is 5.14. The minimum absolute atomic E-state index is 0.134. The summed E-state index contributed by atoms with van der Waals surface area (Å²) >= 11 is 6.17. The summed E-state index contributed by atoms with van der Waals surface area (Å²) in [4.78, 5) is 27.1. The number of rotatable bonds is 5. The SMILES string of the molecule is CC(C)(CC=C1C(=O)N(C(=O)OC(C)(C)C)c2cc(Cl)ccc21)CO[Si](C)(C)C(C)(C)C. The van der Waals surface area contributed by atoms with Crippen molar-refractivity contribution in [3.63, 3.8) is 0 Å². The molecule has 32 heavy (non-hydrogen) atoms. The van der Waals surface area contributed by atoms with Crippen molar-refractivity contribution < 1.29 is 18.8 Å². The predicted molar refractivity (Wildman–Crippen MR) is 135 cm³/mol. The number of benzene rings is 1. The molecule has 1 aliphatic heterocycles. The maximum Gasteiger partial charge on any atom is 0.422 e. The molecule has 1 aliphatic rings. The third-order valence-electron chi connectivity index (χ3n) is 5.99. The van der Waals surface area contributed by atoms with Gasteiger partial charge in [-0.3, -0.25) is 4.79 Å². The molecule has 0 spiro atoms. The number of halogens is 1. The van der Waals surface area contributed by atoms with Crippen molar-refractivity contribution in [2.45, 2.75) is 85.5 Å². The zero-order chi connectivity index (χ0) is 24.7. The fourth-order valence-electron chi connectivity index (χ4n) is 2.98. The summed E-state index contributed by atoms with van der Waals surface area (Å²) in [5, 5.41) is 0.587. The second-order valence-electron chi connectivity index (χ2n) is 11.8. The number of anilines is 1. The fraction of sp³-hybridized carbons (Fsp3) is 0.600. The van der Waals surface area contributed by atoms with Gasteiger partial charge >= 0.3 is 6.09 Å². The first-order chi connectivity index (χ1) is 14.3. The molecule has 0 fully saturated rings. The van der Waals surface area contributed by atoms with E-state index in [9.17, 15) is 9.59 Å². The van der Waals surface area contributed by atoms with Crippen molar-refractivity contribution in [1.29, 1.82) is 0 Å². The first-order valence-electron chi connectivity index (χ1n) is 11.1. The third kappa shape index (κ3) is 6.24. The van der Waals surface area contributed by atoms with Crippen molar-refractivity contribution in [2.75, 3.05) is 11.5 Å². The minimum atomic E-state index is -1.87. The highest BCUT2D eigenvalue weighted by molar-refractivity contribution is 6.74. The van der Waals surface area contributed by atoms with Crippen LogP contribution in [0.1, 0.15) is 67.4 Å². The Labute approximate surface area is 199 Å². The predicted octanol–water partition coefficient (Wildman–Crippen LogP) is 7.44. The summed E-state index contributed by atoms with van der Waals surface area (Å²) < 4.78 is 11.9. The molecular formula is C25H38ClNO4Si. The Morgan fingerprint density at radius 2 is 1.69 bits per heavy atom. The number of amides is 2. The van der Waals surface area contributed by atoms with Crippen LogP contribution in [0.4, 0.5) is 10.5 Å². The highest BCUT2D eigenvalue weighted by Crippen LogP contribution is 2.41. The minimum Gasteiger partial charge on any atom is -0.443 e. The van der Waals surface area contributed by atoms with Crippen LogP contribution < -0.4 is 4.90 Å². The Morgan fingerprint density at radius 3 is 2.22 bits per heavy atom. The average Bonchev–Trinajstić information content (AvgIpc) is 2.86. The summed E-state index contributed by atoms with van der Waals surface area (Å²) in [5.74, 6) is -0.391. The molecule has 7 heteroatoms. The molecule has 1 aromatic carbocycles. The van der Waals surface area contributed by atoms with Crippen molar-refractivity contribution in [1.82, 2.24) is 0 Å². The first kappa shape index (κ1) is 26.6. The lowest BCUT2D eigenvalue weighted by Gasteiger charge is -2.39. The Kier molecular flexibility index (Phi) is 7.45. The molecule has 0 bridgehead atoms. The van der Waals surface area contributed by atoms with Gasteiger partial charge < -0.3 is 9.16 Å². The normalized spacial score (nSPS) is 16.5. The van der Waals surface area contributed by atoms with E-state index < -0.39 is 25.9 Å². The molecule has 0 unspecified atom stereocenters. The summed E-state index contributed by atoms with van der Waals surface area (Å²) in [7, 11) is -1.87. The molecule has 2 rings (SSSR count). The van der Waals surface area contributed by atoms with Crippen molar-refractivity contribution in [3.8, 4) is 0 Å². The van der Waals surface area contributed by atoms with Gasteiger partial charge in [-0.1, -0.05) is 58.4 Å². The third-order valence-corrected chi connectivity index (χ3v) is 10.7.